The van der Waals surface area contributed by atoms with Crippen molar-refractivity contribution in [1.29, 1.82) is 0 Å². The smallest absolute Gasteiger partial charge is 0.323 e. The number of anilines is 1. The predicted octanol–water partition coefficient (Wildman–Crippen LogP) is 4.60. The summed E-state index contributed by atoms with van der Waals surface area (Å²) >= 11 is 7.85. The highest BCUT2D eigenvalue weighted by Gasteiger charge is 2.33. The molecule has 1 aromatic carbocycles. The molecule has 0 aromatic heterocycles. The van der Waals surface area contributed by atoms with Crippen LogP contribution in [0.1, 0.15) is 49.9 Å². The molecule has 2 N–H and O–H groups in total. The number of amides is 2. The number of fused-ring (bicyclic) bond motifs is 1. The van der Waals surface area contributed by atoms with Gasteiger partial charge in [0.2, 0.25) is 0 Å². The van der Waals surface area contributed by atoms with E-state index in [2.05, 4.69) is 24.1 Å². The summed E-state index contributed by atoms with van der Waals surface area (Å²) in [5.41, 5.74) is 1.61. The lowest BCUT2D eigenvalue weighted by Gasteiger charge is -2.20. The standard InChI is InChI=1S/C23H27N3O4S3/c1-3-5-11-24-21(29)15-7-8-17-16(13-15)25(12-6-4-2)19(32-17)10-9-18-22(30)26(14-20(27)28)23(31)33-18/h7-10,13H,3-6,11-12,14H2,1-2H3,(H,24,29)(H,27,28)/b18-9+,19-10-. The number of nitrogens with one attached hydrogen (secondary N) is 1. The molecule has 0 aliphatic carbocycles. The Kier molecular flexibility index (Phi) is 8.99. The SMILES string of the molecule is CCCCNC(=O)c1ccc2c(c1)N(CCCC)/C(=C/C=C1/SC(=S)N(CC(=O)O)C1=O)S2. The number of carboxylic acids is 1. The van der Waals surface area contributed by atoms with E-state index in [0.717, 1.165) is 64.5 Å². The Labute approximate surface area is 207 Å². The maximum Gasteiger partial charge on any atom is 0.323 e. The van der Waals surface area contributed by atoms with Crippen LogP contribution in [0.3, 0.4) is 0 Å². The zero-order valence-corrected chi connectivity index (χ0v) is 21.1. The molecule has 0 bridgehead atoms. The monoisotopic (exact) mass is 505 g/mol. The van der Waals surface area contributed by atoms with E-state index in [4.69, 9.17) is 17.3 Å². The van der Waals surface area contributed by atoms with E-state index in [0.29, 0.717) is 17.0 Å². The molecule has 7 nitrogen and oxygen atoms in total. The van der Waals surface area contributed by atoms with Crippen LogP contribution in [0.5, 0.6) is 0 Å². The Hall–Kier alpha value is -2.30. The summed E-state index contributed by atoms with van der Waals surface area (Å²) in [4.78, 5) is 40.8. The molecular formula is C23H27N3O4S3. The molecule has 33 heavy (non-hydrogen) atoms. The van der Waals surface area contributed by atoms with Crippen molar-refractivity contribution in [3.63, 3.8) is 0 Å². The van der Waals surface area contributed by atoms with Gasteiger partial charge in [0, 0.05) is 23.5 Å². The number of carbonyl (C=O) groups is 3. The van der Waals surface area contributed by atoms with Crippen molar-refractivity contribution < 1.29 is 19.5 Å². The molecule has 0 spiro atoms. The molecule has 0 radical (unpaired) electrons. The van der Waals surface area contributed by atoms with Crippen LogP contribution in [0, 0.1) is 0 Å². The van der Waals surface area contributed by atoms with Crippen molar-refractivity contribution in [2.45, 2.75) is 44.4 Å². The topological polar surface area (TPSA) is 90.0 Å². The van der Waals surface area contributed by atoms with Gasteiger partial charge in [0.15, 0.2) is 0 Å². The first-order valence-corrected chi connectivity index (χ1v) is 12.9. The number of nitrogens with zero attached hydrogens (tertiary/aromatic N) is 2. The summed E-state index contributed by atoms with van der Waals surface area (Å²) in [6.07, 6.45) is 7.54. The van der Waals surface area contributed by atoms with E-state index in [1.807, 2.05) is 24.3 Å². The Balaban J connectivity index is 1.83. The lowest BCUT2D eigenvalue weighted by atomic mass is 10.1. The van der Waals surface area contributed by atoms with E-state index < -0.39 is 18.4 Å². The second kappa shape index (κ2) is 11.7. The minimum Gasteiger partial charge on any atom is -0.480 e. The number of aliphatic carboxylic acids is 1. The second-order valence-electron chi connectivity index (χ2n) is 7.59. The molecule has 10 heteroatoms. The normalized spacial score (nSPS) is 17.9. The van der Waals surface area contributed by atoms with Crippen molar-refractivity contribution in [3.8, 4) is 0 Å². The number of carbonyl (C=O) groups excluding carboxylic acids is 2. The summed E-state index contributed by atoms with van der Waals surface area (Å²) in [5.74, 6) is -1.57. The van der Waals surface area contributed by atoms with Crippen LogP contribution in [-0.2, 0) is 9.59 Å². The van der Waals surface area contributed by atoms with Crippen LogP contribution in [0.4, 0.5) is 5.69 Å². The maximum atomic E-state index is 12.5. The molecule has 176 valence electrons. The first-order chi connectivity index (χ1) is 15.8. The van der Waals surface area contributed by atoms with E-state index in [-0.39, 0.29) is 10.2 Å². The van der Waals surface area contributed by atoms with Gasteiger partial charge >= 0.3 is 5.97 Å². The number of carboxylic acid groups (broad SMARTS) is 1. The van der Waals surface area contributed by atoms with Crippen molar-refractivity contribution in [1.82, 2.24) is 10.2 Å². The fraction of sp³-hybridized carbons (Fsp3) is 0.391. The molecule has 3 rings (SSSR count). The Morgan fingerprint density at radius 1 is 1.12 bits per heavy atom. The van der Waals surface area contributed by atoms with Crippen LogP contribution in [0.15, 0.2) is 45.2 Å². The third kappa shape index (κ3) is 6.18. The zero-order chi connectivity index (χ0) is 24.0. The lowest BCUT2D eigenvalue weighted by molar-refractivity contribution is -0.140. The summed E-state index contributed by atoms with van der Waals surface area (Å²) in [5, 5.41) is 12.9. The van der Waals surface area contributed by atoms with Crippen LogP contribution < -0.4 is 10.2 Å². The summed E-state index contributed by atoms with van der Waals surface area (Å²) < 4.78 is 0.246. The number of rotatable bonds is 10. The number of hydrogen-bond acceptors (Lipinski definition) is 7. The van der Waals surface area contributed by atoms with Gasteiger partial charge in [-0.1, -0.05) is 62.4 Å². The molecule has 0 atom stereocenters. The van der Waals surface area contributed by atoms with Gasteiger partial charge in [0.1, 0.15) is 10.9 Å². The Bertz CT molecular complexity index is 1020. The highest BCUT2D eigenvalue weighted by atomic mass is 32.2. The highest BCUT2D eigenvalue weighted by Crippen LogP contribution is 2.46. The number of unbranched alkanes of at least 4 members (excludes halogenated alkanes) is 2. The number of thioether (sulfide) groups is 2. The minimum atomic E-state index is -1.10. The van der Waals surface area contributed by atoms with Gasteiger partial charge in [-0.25, -0.2) is 0 Å². The lowest BCUT2D eigenvalue weighted by Crippen LogP contribution is -2.33. The molecule has 2 aliphatic heterocycles. The molecule has 1 fully saturated rings. The first-order valence-electron chi connectivity index (χ1n) is 10.9. The van der Waals surface area contributed by atoms with E-state index in [1.54, 1.807) is 17.8 Å². The molecule has 2 aliphatic rings. The fourth-order valence-electron chi connectivity index (χ4n) is 3.33. The maximum absolute atomic E-state index is 12.5. The number of thiocarbonyl (C=S) groups is 1. The van der Waals surface area contributed by atoms with Crippen LogP contribution in [0.2, 0.25) is 0 Å². The van der Waals surface area contributed by atoms with Gasteiger partial charge in [-0.2, -0.15) is 0 Å². The van der Waals surface area contributed by atoms with Crippen molar-refractivity contribution in [2.24, 2.45) is 0 Å². The predicted molar refractivity (Wildman–Crippen MR) is 137 cm³/mol. The van der Waals surface area contributed by atoms with Gasteiger partial charge in [-0.05, 0) is 43.2 Å². The Morgan fingerprint density at radius 2 is 1.88 bits per heavy atom. The molecule has 1 aromatic rings. The third-order valence-electron chi connectivity index (χ3n) is 5.09. The molecule has 0 unspecified atom stereocenters. The largest absolute Gasteiger partial charge is 0.480 e. The van der Waals surface area contributed by atoms with Gasteiger partial charge in [-0.15, -0.1) is 0 Å². The van der Waals surface area contributed by atoms with Crippen LogP contribution in [0.25, 0.3) is 0 Å². The number of allylic oxidation sites excluding steroid dienone is 2. The first kappa shape index (κ1) is 25.3. The molecular weight excluding hydrogens is 478 g/mol. The minimum absolute atomic E-state index is 0.0776. The van der Waals surface area contributed by atoms with Gasteiger partial charge in [0.05, 0.1) is 15.6 Å². The van der Waals surface area contributed by atoms with Gasteiger partial charge in [-0.3, -0.25) is 19.3 Å². The molecule has 2 amide bonds. The van der Waals surface area contributed by atoms with Crippen LogP contribution >= 0.6 is 35.7 Å². The Morgan fingerprint density at radius 3 is 2.58 bits per heavy atom. The fourth-order valence-corrected chi connectivity index (χ4v) is 5.59. The summed E-state index contributed by atoms with van der Waals surface area (Å²) in [7, 11) is 0. The molecule has 1 saturated heterocycles. The zero-order valence-electron chi connectivity index (χ0n) is 18.6. The van der Waals surface area contributed by atoms with E-state index >= 15 is 0 Å². The number of hydrogen-bond donors (Lipinski definition) is 2. The summed E-state index contributed by atoms with van der Waals surface area (Å²) in [6.45, 7) is 5.22. The second-order valence-corrected chi connectivity index (χ2v) is 10.3. The van der Waals surface area contributed by atoms with Crippen LogP contribution in [-0.4, -0.2) is 51.7 Å². The van der Waals surface area contributed by atoms with Gasteiger partial charge in [0.25, 0.3) is 11.8 Å². The number of benzene rings is 1. The van der Waals surface area contributed by atoms with Crippen molar-refractivity contribution in [3.05, 3.63) is 45.8 Å². The van der Waals surface area contributed by atoms with Gasteiger partial charge < -0.3 is 15.3 Å². The third-order valence-corrected chi connectivity index (χ3v) is 7.61. The average molecular weight is 506 g/mol. The average Bonchev–Trinajstić information content (AvgIpc) is 3.26. The quantitative estimate of drug-likeness (QED) is 0.271. The van der Waals surface area contributed by atoms with E-state index in [9.17, 15) is 14.4 Å². The highest BCUT2D eigenvalue weighted by molar-refractivity contribution is 8.26. The van der Waals surface area contributed by atoms with Crippen molar-refractivity contribution in [2.75, 3.05) is 24.5 Å². The van der Waals surface area contributed by atoms with E-state index in [1.165, 1.54) is 0 Å². The summed E-state index contributed by atoms with van der Waals surface area (Å²) in [6, 6.07) is 5.72. The molecule has 2 heterocycles. The molecule has 0 saturated carbocycles. The van der Waals surface area contributed by atoms with Crippen molar-refractivity contribution >= 4 is 63.5 Å².